The average Bonchev–Trinajstić information content (AvgIpc) is 2.94. The van der Waals surface area contributed by atoms with E-state index in [1.54, 1.807) is 0 Å². The maximum absolute atomic E-state index is 13.4. The molecule has 0 amide bonds. The van der Waals surface area contributed by atoms with E-state index in [2.05, 4.69) is 34.1 Å². The largest absolute Gasteiger partial charge is 0.379 e. The molecule has 1 saturated carbocycles. The normalized spacial score (nSPS) is 21.7. The monoisotopic (exact) mass is 379 g/mol. The van der Waals surface area contributed by atoms with Gasteiger partial charge in [-0.1, -0.05) is 49.9 Å². The van der Waals surface area contributed by atoms with Gasteiger partial charge < -0.3 is 9.72 Å². The van der Waals surface area contributed by atoms with Crippen LogP contribution in [0.5, 0.6) is 0 Å². The second kappa shape index (κ2) is 7.45. The molecule has 0 unspecified atom stereocenters. The average molecular weight is 380 g/mol. The quantitative estimate of drug-likeness (QED) is 0.869. The van der Waals surface area contributed by atoms with Crippen LogP contribution < -0.4 is 5.56 Å². The van der Waals surface area contributed by atoms with E-state index in [1.807, 2.05) is 0 Å². The maximum atomic E-state index is 13.4. The van der Waals surface area contributed by atoms with Crippen LogP contribution in [0.1, 0.15) is 55.5 Å². The first kappa shape index (κ1) is 18.1. The van der Waals surface area contributed by atoms with Crippen molar-refractivity contribution in [2.24, 2.45) is 0 Å². The number of nitrogens with one attached hydrogen (secondary N) is 1. The standard InChI is InChI=1S/C23H29N3O2/c27-22-20-21(24-19(25-22)16-26-11-13-28-14-12-26)18-8-4-3-7-17(18)15-23(20)9-5-1-2-6-10-23/h3-4,7-8H,1-2,5-6,9-16H2,(H,24,25,27). The van der Waals surface area contributed by atoms with Crippen molar-refractivity contribution in [1.82, 2.24) is 14.9 Å². The van der Waals surface area contributed by atoms with Crippen LogP contribution in [0, 0.1) is 0 Å². The Balaban J connectivity index is 1.61. The first-order chi connectivity index (χ1) is 13.8. The van der Waals surface area contributed by atoms with Crippen molar-refractivity contribution >= 4 is 0 Å². The third-order valence-electron chi connectivity index (χ3n) is 6.84. The molecule has 2 aromatic rings. The van der Waals surface area contributed by atoms with Crippen LogP contribution in [0.25, 0.3) is 11.3 Å². The fourth-order valence-corrected chi connectivity index (χ4v) is 5.44. The molecule has 1 aliphatic heterocycles. The zero-order valence-electron chi connectivity index (χ0n) is 16.5. The summed E-state index contributed by atoms with van der Waals surface area (Å²) in [6, 6.07) is 8.56. The topological polar surface area (TPSA) is 58.2 Å². The zero-order valence-corrected chi connectivity index (χ0v) is 16.5. The Bertz CT molecular complexity index is 906. The number of H-pyrrole nitrogens is 1. The van der Waals surface area contributed by atoms with Crippen LogP contribution in [0.3, 0.4) is 0 Å². The van der Waals surface area contributed by atoms with Gasteiger partial charge in [0.1, 0.15) is 5.82 Å². The molecule has 5 rings (SSSR count). The molecule has 3 aliphatic rings. The molecule has 28 heavy (non-hydrogen) atoms. The Morgan fingerprint density at radius 1 is 1.07 bits per heavy atom. The highest BCUT2D eigenvalue weighted by Gasteiger charge is 2.42. The lowest BCUT2D eigenvalue weighted by Gasteiger charge is -2.38. The number of aromatic nitrogens is 2. The molecule has 2 fully saturated rings. The van der Waals surface area contributed by atoms with E-state index in [0.29, 0.717) is 6.54 Å². The highest BCUT2D eigenvalue weighted by molar-refractivity contribution is 5.71. The molecule has 0 radical (unpaired) electrons. The second-order valence-corrected chi connectivity index (χ2v) is 8.65. The molecular weight excluding hydrogens is 350 g/mol. The van der Waals surface area contributed by atoms with Crippen LogP contribution >= 0.6 is 0 Å². The number of benzene rings is 1. The van der Waals surface area contributed by atoms with Crippen molar-refractivity contribution in [3.63, 3.8) is 0 Å². The Kier molecular flexibility index (Phi) is 4.81. The fourth-order valence-electron chi connectivity index (χ4n) is 5.44. The van der Waals surface area contributed by atoms with E-state index in [1.165, 1.54) is 31.2 Å². The number of nitrogens with zero attached hydrogens (tertiary/aromatic N) is 2. The van der Waals surface area contributed by atoms with Gasteiger partial charge in [0, 0.05) is 24.1 Å². The van der Waals surface area contributed by atoms with E-state index >= 15 is 0 Å². The van der Waals surface area contributed by atoms with Crippen molar-refractivity contribution in [3.8, 4) is 11.3 Å². The van der Waals surface area contributed by atoms with Gasteiger partial charge in [0.15, 0.2) is 0 Å². The molecule has 1 aromatic carbocycles. The van der Waals surface area contributed by atoms with E-state index in [0.717, 1.165) is 68.2 Å². The minimum Gasteiger partial charge on any atom is -0.379 e. The molecule has 2 aliphatic carbocycles. The molecule has 1 saturated heterocycles. The summed E-state index contributed by atoms with van der Waals surface area (Å²) >= 11 is 0. The molecule has 5 heteroatoms. The third-order valence-corrected chi connectivity index (χ3v) is 6.84. The SMILES string of the molecule is O=c1[nH]c(CN2CCOCC2)nc2c1C1(CCCCCC1)Cc1ccccc1-2. The van der Waals surface area contributed by atoms with Gasteiger partial charge >= 0.3 is 0 Å². The van der Waals surface area contributed by atoms with Gasteiger partial charge in [-0.15, -0.1) is 0 Å². The number of fused-ring (bicyclic) bond motifs is 4. The number of hydrogen-bond acceptors (Lipinski definition) is 4. The zero-order chi connectivity index (χ0) is 19.0. The van der Waals surface area contributed by atoms with Crippen molar-refractivity contribution in [1.29, 1.82) is 0 Å². The molecule has 1 N–H and O–H groups in total. The van der Waals surface area contributed by atoms with Gasteiger partial charge in [-0.05, 0) is 24.8 Å². The summed E-state index contributed by atoms with van der Waals surface area (Å²) in [5.41, 5.74) is 4.45. The molecule has 148 valence electrons. The molecule has 1 spiro atoms. The summed E-state index contributed by atoms with van der Waals surface area (Å²) in [4.78, 5) is 23.9. The van der Waals surface area contributed by atoms with Crippen molar-refractivity contribution < 1.29 is 4.74 Å². The lowest BCUT2D eigenvalue weighted by Crippen LogP contribution is -2.40. The lowest BCUT2D eigenvalue weighted by molar-refractivity contribution is 0.0330. The van der Waals surface area contributed by atoms with Crippen LogP contribution in [0.2, 0.25) is 0 Å². The Labute approximate surface area is 166 Å². The molecule has 0 bridgehead atoms. The molecule has 5 nitrogen and oxygen atoms in total. The summed E-state index contributed by atoms with van der Waals surface area (Å²) < 4.78 is 5.45. The van der Waals surface area contributed by atoms with E-state index in [-0.39, 0.29) is 11.0 Å². The highest BCUT2D eigenvalue weighted by Crippen LogP contribution is 2.47. The maximum Gasteiger partial charge on any atom is 0.255 e. The van der Waals surface area contributed by atoms with Gasteiger partial charge in [-0.2, -0.15) is 0 Å². The molecule has 2 heterocycles. The number of morpholine rings is 1. The van der Waals surface area contributed by atoms with Gasteiger partial charge in [-0.25, -0.2) is 4.98 Å². The van der Waals surface area contributed by atoms with Crippen LogP contribution in [-0.2, 0) is 23.1 Å². The third kappa shape index (κ3) is 3.20. The minimum absolute atomic E-state index is 0.0434. The summed E-state index contributed by atoms with van der Waals surface area (Å²) in [6.45, 7) is 3.96. The lowest BCUT2D eigenvalue weighted by atomic mass is 9.65. The summed E-state index contributed by atoms with van der Waals surface area (Å²) in [5.74, 6) is 0.783. The summed E-state index contributed by atoms with van der Waals surface area (Å²) in [6.07, 6.45) is 8.14. The van der Waals surface area contributed by atoms with Crippen molar-refractivity contribution in [2.75, 3.05) is 26.3 Å². The predicted octanol–water partition coefficient (Wildman–Crippen LogP) is 3.42. The van der Waals surface area contributed by atoms with Crippen molar-refractivity contribution in [3.05, 3.63) is 51.6 Å². The van der Waals surface area contributed by atoms with Crippen LogP contribution in [-0.4, -0.2) is 41.2 Å². The number of hydrogen-bond donors (Lipinski definition) is 1. The van der Waals surface area contributed by atoms with Gasteiger partial charge in [0.05, 0.1) is 31.0 Å². The first-order valence-electron chi connectivity index (χ1n) is 10.8. The second-order valence-electron chi connectivity index (χ2n) is 8.65. The minimum atomic E-state index is -0.0434. The number of rotatable bonds is 2. The Hall–Kier alpha value is -1.98. The van der Waals surface area contributed by atoms with E-state index in [9.17, 15) is 4.79 Å². The van der Waals surface area contributed by atoms with E-state index < -0.39 is 0 Å². The molecular formula is C23H29N3O2. The fraction of sp³-hybridized carbons (Fsp3) is 0.565. The van der Waals surface area contributed by atoms with Gasteiger partial charge in [0.25, 0.3) is 5.56 Å². The molecule has 1 aromatic heterocycles. The molecule has 0 atom stereocenters. The van der Waals surface area contributed by atoms with E-state index in [4.69, 9.17) is 9.72 Å². The van der Waals surface area contributed by atoms with Gasteiger partial charge in [0.2, 0.25) is 0 Å². The smallest absolute Gasteiger partial charge is 0.255 e. The number of aromatic amines is 1. The first-order valence-corrected chi connectivity index (χ1v) is 10.8. The van der Waals surface area contributed by atoms with Crippen LogP contribution in [0.15, 0.2) is 29.1 Å². The Morgan fingerprint density at radius 3 is 2.61 bits per heavy atom. The summed E-state index contributed by atoms with van der Waals surface area (Å²) in [5, 5.41) is 0. The van der Waals surface area contributed by atoms with Crippen LogP contribution in [0.4, 0.5) is 0 Å². The van der Waals surface area contributed by atoms with Gasteiger partial charge in [-0.3, -0.25) is 9.69 Å². The highest BCUT2D eigenvalue weighted by atomic mass is 16.5. The number of ether oxygens (including phenoxy) is 1. The predicted molar refractivity (Wildman–Crippen MR) is 109 cm³/mol. The van der Waals surface area contributed by atoms with Crippen molar-refractivity contribution in [2.45, 2.75) is 56.9 Å². The summed E-state index contributed by atoms with van der Waals surface area (Å²) in [7, 11) is 0. The Morgan fingerprint density at radius 2 is 1.82 bits per heavy atom.